The molecular weight excluding hydrogens is 203 g/mol. The summed E-state index contributed by atoms with van der Waals surface area (Å²) < 4.78 is 4.69. The molecule has 0 fully saturated rings. The van der Waals surface area contributed by atoms with Gasteiger partial charge in [0, 0.05) is 6.08 Å². The van der Waals surface area contributed by atoms with Gasteiger partial charge in [0.05, 0.1) is 0 Å². The first-order valence-electron chi connectivity index (χ1n) is 3.19. The molecule has 0 amide bonds. The maximum atomic E-state index is 10.5. The summed E-state index contributed by atoms with van der Waals surface area (Å²) in [5.74, 6) is -0.475. The summed E-state index contributed by atoms with van der Waals surface area (Å²) in [7, 11) is 0. The minimum Gasteiger partial charge on any atom is -0.463 e. The smallest absolute Gasteiger partial charge is 0.329 e. The van der Waals surface area contributed by atoms with Gasteiger partial charge in [0.15, 0.2) is 0 Å². The molecule has 11 heavy (non-hydrogen) atoms. The van der Waals surface area contributed by atoms with E-state index < -0.39 is 12.7 Å². The van der Waals surface area contributed by atoms with E-state index in [1.54, 1.807) is 0 Å². The van der Waals surface area contributed by atoms with Gasteiger partial charge in [0.25, 0.3) is 6.69 Å². The Hall–Kier alpha value is 0.00688. The molecule has 0 atom stereocenters. The third-order valence-corrected chi connectivity index (χ3v) is 4.97. The van der Waals surface area contributed by atoms with Crippen molar-refractivity contribution < 1.29 is 9.53 Å². The molecule has 0 rings (SSSR count). The van der Waals surface area contributed by atoms with Gasteiger partial charge in [-0.15, -0.1) is 22.2 Å². The van der Waals surface area contributed by atoms with E-state index >= 15 is 0 Å². The van der Waals surface area contributed by atoms with Crippen molar-refractivity contribution in [2.45, 2.75) is 13.0 Å². The van der Waals surface area contributed by atoms with Crippen LogP contribution in [0.5, 0.6) is 0 Å². The van der Waals surface area contributed by atoms with Gasteiger partial charge in [0.2, 0.25) is 0 Å². The zero-order chi connectivity index (χ0) is 8.91. The highest BCUT2D eigenvalue weighted by Gasteiger charge is 2.27. The van der Waals surface area contributed by atoms with Crippen LogP contribution in [0, 0.1) is 0 Å². The minimum absolute atomic E-state index is 0.136. The van der Waals surface area contributed by atoms with Gasteiger partial charge in [-0.3, -0.25) is 0 Å². The fraction of sp³-hybridized carbons (Fsp3) is 0.500. The topological polar surface area (TPSA) is 26.3 Å². The number of halogens is 2. The number of ether oxygens (including phenoxy) is 1. The maximum absolute atomic E-state index is 10.5. The van der Waals surface area contributed by atoms with Crippen molar-refractivity contribution in [2.24, 2.45) is 0 Å². The van der Waals surface area contributed by atoms with Gasteiger partial charge in [-0.2, -0.15) is 0 Å². The Kier molecular flexibility index (Phi) is 4.80. The number of esters is 1. The van der Waals surface area contributed by atoms with Crippen molar-refractivity contribution in [2.75, 3.05) is 6.23 Å². The first kappa shape index (κ1) is 11.0. The molecule has 0 aliphatic heterocycles. The number of hydrogen-bond acceptors (Lipinski definition) is 2. The van der Waals surface area contributed by atoms with E-state index in [1.165, 1.54) is 0 Å². The Morgan fingerprint density at radius 1 is 1.73 bits per heavy atom. The van der Waals surface area contributed by atoms with Gasteiger partial charge in [-0.05, 0) is 6.04 Å². The molecule has 2 nitrogen and oxygen atoms in total. The van der Waals surface area contributed by atoms with E-state index in [4.69, 9.17) is 22.2 Å². The van der Waals surface area contributed by atoms with Crippen LogP contribution in [-0.4, -0.2) is 18.9 Å². The zero-order valence-corrected chi connectivity index (χ0v) is 8.78. The lowest BCUT2D eigenvalue weighted by atomic mass is 10.7. The minimum atomic E-state index is -2.30. The second-order valence-corrected chi connectivity index (χ2v) is 9.65. The molecule has 0 aromatic carbocycles. The second-order valence-electron chi connectivity index (χ2n) is 2.02. The standard InChI is InChI=1S/C6H10Cl2O2Si/c1-3-6(9)10-5-11(7,8)4-2/h3H,1,4-5H2,2H3. The van der Waals surface area contributed by atoms with E-state index in [9.17, 15) is 4.79 Å². The molecule has 0 aromatic heterocycles. The van der Waals surface area contributed by atoms with Crippen molar-refractivity contribution in [3.63, 3.8) is 0 Å². The van der Waals surface area contributed by atoms with E-state index in [0.717, 1.165) is 6.08 Å². The number of hydrogen-bond donors (Lipinski definition) is 0. The van der Waals surface area contributed by atoms with Crippen molar-refractivity contribution in [1.82, 2.24) is 0 Å². The Morgan fingerprint density at radius 3 is 2.64 bits per heavy atom. The molecule has 64 valence electrons. The lowest BCUT2D eigenvalue weighted by Crippen LogP contribution is -2.27. The second kappa shape index (κ2) is 4.80. The molecule has 0 heterocycles. The van der Waals surface area contributed by atoms with Gasteiger partial charge in [-0.1, -0.05) is 13.5 Å². The van der Waals surface area contributed by atoms with Gasteiger partial charge >= 0.3 is 5.97 Å². The molecule has 0 saturated heterocycles. The third kappa shape index (κ3) is 5.30. The Balaban J connectivity index is 3.69. The molecule has 0 radical (unpaired) electrons. The maximum Gasteiger partial charge on any atom is 0.329 e. The summed E-state index contributed by atoms with van der Waals surface area (Å²) >= 11 is 11.6. The van der Waals surface area contributed by atoms with Gasteiger partial charge < -0.3 is 4.74 Å². The molecule has 0 spiro atoms. The number of rotatable bonds is 4. The summed E-state index contributed by atoms with van der Waals surface area (Å²) in [6, 6.07) is 0.667. The monoisotopic (exact) mass is 212 g/mol. The lowest BCUT2D eigenvalue weighted by Gasteiger charge is -2.12. The first-order valence-corrected chi connectivity index (χ1v) is 7.62. The van der Waals surface area contributed by atoms with E-state index in [0.29, 0.717) is 6.04 Å². The highest BCUT2D eigenvalue weighted by molar-refractivity contribution is 7.45. The number of carbonyl (C=O) groups excluding carboxylic acids is 1. The molecule has 0 N–H and O–H groups in total. The molecule has 0 unspecified atom stereocenters. The molecule has 0 aromatic rings. The molecule has 0 aliphatic carbocycles. The highest BCUT2D eigenvalue weighted by atomic mass is 35.7. The first-order chi connectivity index (χ1) is 5.02. The summed E-state index contributed by atoms with van der Waals surface area (Å²) in [5.41, 5.74) is 0. The van der Waals surface area contributed by atoms with Crippen LogP contribution in [-0.2, 0) is 9.53 Å². The van der Waals surface area contributed by atoms with Crippen LogP contribution in [0.4, 0.5) is 0 Å². The van der Waals surface area contributed by atoms with E-state index in [2.05, 4.69) is 11.3 Å². The largest absolute Gasteiger partial charge is 0.463 e. The van der Waals surface area contributed by atoms with E-state index in [-0.39, 0.29) is 6.23 Å². The summed E-state index contributed by atoms with van der Waals surface area (Å²) in [4.78, 5) is 10.5. The van der Waals surface area contributed by atoms with Crippen LogP contribution in [0.25, 0.3) is 0 Å². The SMILES string of the molecule is C=CC(=O)OC[Si](Cl)(Cl)CC. The van der Waals surface area contributed by atoms with Crippen LogP contribution in [0.1, 0.15) is 6.92 Å². The molecule has 0 saturated carbocycles. The van der Waals surface area contributed by atoms with Gasteiger partial charge in [0.1, 0.15) is 6.23 Å². The van der Waals surface area contributed by atoms with Crippen LogP contribution >= 0.6 is 22.2 Å². The fourth-order valence-corrected chi connectivity index (χ4v) is 1.22. The van der Waals surface area contributed by atoms with Gasteiger partial charge in [-0.25, -0.2) is 4.79 Å². The lowest BCUT2D eigenvalue weighted by molar-refractivity contribution is -0.135. The molecule has 0 bridgehead atoms. The molecular formula is C6H10Cl2O2Si. The van der Waals surface area contributed by atoms with Crippen molar-refractivity contribution in [3.8, 4) is 0 Å². The quantitative estimate of drug-likeness (QED) is 0.309. The van der Waals surface area contributed by atoms with Crippen molar-refractivity contribution in [3.05, 3.63) is 12.7 Å². The predicted molar refractivity (Wildman–Crippen MR) is 49.1 cm³/mol. The Labute approximate surface area is 76.5 Å². The highest BCUT2D eigenvalue weighted by Crippen LogP contribution is 2.19. The fourth-order valence-electron chi connectivity index (χ4n) is 0.338. The van der Waals surface area contributed by atoms with Crippen molar-refractivity contribution >= 4 is 34.8 Å². The summed E-state index contributed by atoms with van der Waals surface area (Å²) in [6.45, 7) is 2.81. The van der Waals surface area contributed by atoms with Crippen molar-refractivity contribution in [1.29, 1.82) is 0 Å². The van der Waals surface area contributed by atoms with Crippen LogP contribution in [0.15, 0.2) is 12.7 Å². The van der Waals surface area contributed by atoms with Crippen LogP contribution in [0.2, 0.25) is 6.04 Å². The third-order valence-electron chi connectivity index (χ3n) is 1.11. The molecule has 0 aliphatic rings. The zero-order valence-electron chi connectivity index (χ0n) is 6.27. The Morgan fingerprint density at radius 2 is 2.27 bits per heavy atom. The summed E-state index contributed by atoms with van der Waals surface area (Å²) in [6.07, 6.45) is 1.23. The normalized spacial score (nSPS) is 10.8. The van der Waals surface area contributed by atoms with Crippen LogP contribution in [0.3, 0.4) is 0 Å². The number of carbonyl (C=O) groups is 1. The van der Waals surface area contributed by atoms with E-state index in [1.807, 2.05) is 6.92 Å². The average molecular weight is 213 g/mol. The average Bonchev–Trinajstić information content (AvgIpc) is 2.00. The predicted octanol–water partition coefficient (Wildman–Crippen LogP) is 2.19. The Bertz CT molecular complexity index is 159. The molecule has 5 heteroatoms. The van der Waals surface area contributed by atoms with Crippen LogP contribution < -0.4 is 0 Å². The summed E-state index contributed by atoms with van der Waals surface area (Å²) in [5, 5.41) is 0.